The third-order valence-electron chi connectivity index (χ3n) is 3.71. The molecule has 1 unspecified atom stereocenters. The maximum Gasteiger partial charge on any atom is 0.257 e. The molecule has 1 atom stereocenters. The zero-order valence-electron chi connectivity index (χ0n) is 14.5. The van der Waals surface area contributed by atoms with Crippen LogP contribution in [-0.4, -0.2) is 23.0 Å². The molecule has 0 aliphatic carbocycles. The molecule has 0 aromatic heterocycles. The summed E-state index contributed by atoms with van der Waals surface area (Å²) in [7, 11) is 0. The number of benzene rings is 2. The number of hydrogen-bond donors (Lipinski definition) is 3. The minimum Gasteiger partial charge on any atom is -0.350 e. The molecule has 0 fully saturated rings. The van der Waals surface area contributed by atoms with E-state index in [0.717, 1.165) is 9.99 Å². The van der Waals surface area contributed by atoms with Crippen LogP contribution in [0.5, 0.6) is 0 Å². The highest BCUT2D eigenvalue weighted by Gasteiger charge is 2.10. The number of rotatable bonds is 5. The Bertz CT molecular complexity index is 809. The Balaban J connectivity index is 1.93. The van der Waals surface area contributed by atoms with Crippen molar-refractivity contribution >= 4 is 57.4 Å². The molecule has 0 saturated heterocycles. The summed E-state index contributed by atoms with van der Waals surface area (Å²) < 4.78 is 0.973. The normalized spacial score (nSPS) is 11.3. The fourth-order valence-electron chi connectivity index (χ4n) is 2.08. The first-order valence-electron chi connectivity index (χ1n) is 8.18. The molecule has 7 heteroatoms. The van der Waals surface area contributed by atoms with Crippen LogP contribution in [0.4, 0.5) is 5.69 Å². The number of thiocarbonyl (C=S) groups is 1. The lowest BCUT2D eigenvalue weighted by molar-refractivity contribution is 0.0937. The fourth-order valence-corrected chi connectivity index (χ4v) is 2.84. The van der Waals surface area contributed by atoms with Gasteiger partial charge < -0.3 is 10.6 Å². The van der Waals surface area contributed by atoms with Crippen molar-refractivity contribution in [2.45, 2.75) is 26.3 Å². The van der Waals surface area contributed by atoms with Crippen LogP contribution in [0.1, 0.15) is 41.0 Å². The largest absolute Gasteiger partial charge is 0.350 e. The van der Waals surface area contributed by atoms with Crippen molar-refractivity contribution < 1.29 is 9.59 Å². The number of amides is 2. The molecule has 3 N–H and O–H groups in total. The van der Waals surface area contributed by atoms with E-state index in [1.807, 2.05) is 26.0 Å². The highest BCUT2D eigenvalue weighted by atomic mass is 127. The number of hydrogen-bond acceptors (Lipinski definition) is 3. The van der Waals surface area contributed by atoms with Crippen LogP contribution in [0, 0.1) is 3.57 Å². The molecule has 0 aliphatic rings. The molecule has 136 valence electrons. The Hall–Kier alpha value is -2.00. The number of carbonyl (C=O) groups is 2. The van der Waals surface area contributed by atoms with Gasteiger partial charge in [0.1, 0.15) is 0 Å². The number of halogens is 1. The van der Waals surface area contributed by atoms with E-state index in [1.165, 1.54) is 0 Å². The molecule has 2 amide bonds. The zero-order chi connectivity index (χ0) is 19.1. The Labute approximate surface area is 172 Å². The Kier molecular flexibility index (Phi) is 7.52. The molecule has 0 saturated carbocycles. The number of anilines is 1. The van der Waals surface area contributed by atoms with E-state index in [2.05, 4.69) is 38.5 Å². The third-order valence-corrected chi connectivity index (χ3v) is 4.58. The molecular formula is C19H20IN3O2S. The van der Waals surface area contributed by atoms with Crippen LogP contribution >= 0.6 is 34.8 Å². The minimum absolute atomic E-state index is 0.111. The average molecular weight is 481 g/mol. The van der Waals surface area contributed by atoms with E-state index < -0.39 is 0 Å². The van der Waals surface area contributed by atoms with E-state index in [4.69, 9.17) is 12.2 Å². The summed E-state index contributed by atoms with van der Waals surface area (Å²) in [4.78, 5) is 24.2. The number of nitrogens with one attached hydrogen (secondary N) is 3. The van der Waals surface area contributed by atoms with Crippen LogP contribution in [0.25, 0.3) is 0 Å². The molecule has 26 heavy (non-hydrogen) atoms. The van der Waals surface area contributed by atoms with Gasteiger partial charge in [-0.1, -0.05) is 13.0 Å². The average Bonchev–Trinajstić information content (AvgIpc) is 2.62. The predicted molar refractivity (Wildman–Crippen MR) is 117 cm³/mol. The van der Waals surface area contributed by atoms with Gasteiger partial charge >= 0.3 is 0 Å². The molecular weight excluding hydrogens is 461 g/mol. The summed E-state index contributed by atoms with van der Waals surface area (Å²) in [6.45, 7) is 3.98. The summed E-state index contributed by atoms with van der Waals surface area (Å²) in [6, 6.07) is 14.3. The van der Waals surface area contributed by atoms with Crippen molar-refractivity contribution in [2.75, 3.05) is 5.32 Å². The summed E-state index contributed by atoms with van der Waals surface area (Å²) in [5.41, 5.74) is 1.81. The molecule has 0 bridgehead atoms. The van der Waals surface area contributed by atoms with Crippen molar-refractivity contribution in [1.29, 1.82) is 0 Å². The summed E-state index contributed by atoms with van der Waals surface area (Å²) in [5, 5.41) is 8.69. The van der Waals surface area contributed by atoms with Crippen LogP contribution < -0.4 is 16.0 Å². The van der Waals surface area contributed by atoms with E-state index >= 15 is 0 Å². The van der Waals surface area contributed by atoms with Gasteiger partial charge in [-0.2, -0.15) is 0 Å². The second-order valence-electron chi connectivity index (χ2n) is 5.78. The molecule has 5 nitrogen and oxygen atoms in total. The van der Waals surface area contributed by atoms with Crippen LogP contribution in [0.3, 0.4) is 0 Å². The van der Waals surface area contributed by atoms with Gasteiger partial charge in [-0.15, -0.1) is 0 Å². The van der Waals surface area contributed by atoms with Gasteiger partial charge in [0.2, 0.25) is 0 Å². The first kappa shape index (κ1) is 20.3. The molecule has 2 aromatic carbocycles. The summed E-state index contributed by atoms with van der Waals surface area (Å²) >= 11 is 7.33. The molecule has 0 radical (unpaired) electrons. The van der Waals surface area contributed by atoms with E-state index in [1.54, 1.807) is 36.4 Å². The highest BCUT2D eigenvalue weighted by molar-refractivity contribution is 14.1. The molecule has 2 rings (SSSR count). The zero-order valence-corrected chi connectivity index (χ0v) is 17.5. The molecule has 0 heterocycles. The van der Waals surface area contributed by atoms with Crippen molar-refractivity contribution in [2.24, 2.45) is 0 Å². The van der Waals surface area contributed by atoms with Crippen LogP contribution in [-0.2, 0) is 0 Å². The lowest BCUT2D eigenvalue weighted by Gasteiger charge is -2.12. The second kappa shape index (κ2) is 9.63. The van der Waals surface area contributed by atoms with E-state index in [9.17, 15) is 9.59 Å². The van der Waals surface area contributed by atoms with E-state index in [0.29, 0.717) is 16.8 Å². The van der Waals surface area contributed by atoms with Gasteiger partial charge in [-0.05, 0) is 90.6 Å². The van der Waals surface area contributed by atoms with Gasteiger partial charge in [-0.3, -0.25) is 14.9 Å². The van der Waals surface area contributed by atoms with Gasteiger partial charge in [0, 0.05) is 26.4 Å². The van der Waals surface area contributed by atoms with Crippen molar-refractivity contribution in [3.05, 3.63) is 63.2 Å². The lowest BCUT2D eigenvalue weighted by Crippen LogP contribution is -2.34. The van der Waals surface area contributed by atoms with E-state index in [-0.39, 0.29) is 23.0 Å². The number of carbonyl (C=O) groups excluding carboxylic acids is 2. The monoisotopic (exact) mass is 481 g/mol. The van der Waals surface area contributed by atoms with Crippen molar-refractivity contribution in [3.63, 3.8) is 0 Å². The lowest BCUT2D eigenvalue weighted by atomic mass is 10.1. The first-order chi connectivity index (χ1) is 12.4. The second-order valence-corrected chi connectivity index (χ2v) is 7.43. The van der Waals surface area contributed by atoms with Crippen LogP contribution in [0.15, 0.2) is 48.5 Å². The first-order valence-corrected chi connectivity index (χ1v) is 9.66. The summed E-state index contributed by atoms with van der Waals surface area (Å²) in [6.07, 6.45) is 0.875. The smallest absolute Gasteiger partial charge is 0.257 e. The summed E-state index contributed by atoms with van der Waals surface area (Å²) in [5.74, 6) is -0.383. The fraction of sp³-hybridized carbons (Fsp3) is 0.211. The molecule has 0 aliphatic heterocycles. The topological polar surface area (TPSA) is 70.2 Å². The standard InChI is InChI=1S/C19H20IN3O2S/c1-3-12(2)21-17(24)13-7-9-16(10-8-13)22-19(26)23-18(25)14-5-4-6-15(20)11-14/h4-12H,3H2,1-2H3,(H,21,24)(H2,22,23,25,26). The maximum atomic E-state index is 12.2. The molecule has 0 spiro atoms. The third kappa shape index (κ3) is 6.06. The quantitative estimate of drug-likeness (QED) is 0.447. The Morgan fingerprint density at radius 2 is 1.77 bits per heavy atom. The van der Waals surface area contributed by atoms with Crippen molar-refractivity contribution in [3.8, 4) is 0 Å². The van der Waals surface area contributed by atoms with Gasteiger partial charge in [0.05, 0.1) is 0 Å². The highest BCUT2D eigenvalue weighted by Crippen LogP contribution is 2.11. The minimum atomic E-state index is -0.273. The van der Waals surface area contributed by atoms with Gasteiger partial charge in [0.25, 0.3) is 11.8 Å². The van der Waals surface area contributed by atoms with Crippen LogP contribution in [0.2, 0.25) is 0 Å². The van der Waals surface area contributed by atoms with Crippen molar-refractivity contribution in [1.82, 2.24) is 10.6 Å². The molecule has 2 aromatic rings. The predicted octanol–water partition coefficient (Wildman–Crippen LogP) is 3.95. The van der Waals surface area contributed by atoms with Gasteiger partial charge in [0.15, 0.2) is 5.11 Å². The SMILES string of the molecule is CCC(C)NC(=O)c1ccc(NC(=S)NC(=O)c2cccc(I)c2)cc1. The van der Waals surface area contributed by atoms with Gasteiger partial charge in [-0.25, -0.2) is 0 Å². The Morgan fingerprint density at radius 3 is 2.38 bits per heavy atom. The maximum absolute atomic E-state index is 12.2. The Morgan fingerprint density at radius 1 is 1.08 bits per heavy atom.